The fourth-order valence-corrected chi connectivity index (χ4v) is 2.61. The molecule has 1 aliphatic heterocycles. The van der Waals surface area contributed by atoms with Crippen LogP contribution in [0.2, 0.25) is 0 Å². The van der Waals surface area contributed by atoms with Crippen molar-refractivity contribution in [1.29, 1.82) is 0 Å². The molecular formula is C14H15FN2O. The number of rotatable bonds is 2. The smallest absolute Gasteiger partial charge is 0.123 e. The van der Waals surface area contributed by atoms with Crippen LogP contribution in [-0.2, 0) is 0 Å². The summed E-state index contributed by atoms with van der Waals surface area (Å²) >= 11 is 0. The molecular weight excluding hydrogens is 231 g/mol. The molecule has 1 aromatic heterocycles. The molecule has 94 valence electrons. The van der Waals surface area contributed by atoms with Crippen LogP contribution in [0.15, 0.2) is 30.7 Å². The highest BCUT2D eigenvalue weighted by Crippen LogP contribution is 2.42. The van der Waals surface area contributed by atoms with E-state index in [0.29, 0.717) is 0 Å². The van der Waals surface area contributed by atoms with Gasteiger partial charge in [0, 0.05) is 5.56 Å². The average Bonchev–Trinajstić information content (AvgIpc) is 2.88. The van der Waals surface area contributed by atoms with Gasteiger partial charge in [0.15, 0.2) is 0 Å². The topological polar surface area (TPSA) is 38.1 Å². The Morgan fingerprint density at radius 3 is 2.89 bits per heavy atom. The number of aliphatic hydroxyl groups excluding tert-OH is 1. The van der Waals surface area contributed by atoms with Crippen LogP contribution >= 0.6 is 0 Å². The Morgan fingerprint density at radius 1 is 1.39 bits per heavy atom. The lowest BCUT2D eigenvalue weighted by atomic mass is 9.93. The van der Waals surface area contributed by atoms with Crippen molar-refractivity contribution in [3.8, 4) is 11.3 Å². The Balaban J connectivity index is 2.19. The van der Waals surface area contributed by atoms with E-state index in [1.807, 2.05) is 18.4 Å². The van der Waals surface area contributed by atoms with Gasteiger partial charge in [-0.1, -0.05) is 19.9 Å². The van der Waals surface area contributed by atoms with E-state index in [0.717, 1.165) is 16.8 Å². The maximum Gasteiger partial charge on any atom is 0.123 e. The first-order valence-corrected chi connectivity index (χ1v) is 6.09. The van der Waals surface area contributed by atoms with Gasteiger partial charge in [0.05, 0.1) is 30.4 Å². The second kappa shape index (κ2) is 3.92. The van der Waals surface area contributed by atoms with Crippen LogP contribution in [0.3, 0.4) is 0 Å². The summed E-state index contributed by atoms with van der Waals surface area (Å²) in [6, 6.07) is 4.54. The summed E-state index contributed by atoms with van der Waals surface area (Å²) in [6.07, 6.45) is 2.90. The van der Waals surface area contributed by atoms with Gasteiger partial charge in [-0.25, -0.2) is 9.37 Å². The molecule has 2 heterocycles. The predicted octanol–water partition coefficient (Wildman–Crippen LogP) is 2.61. The molecule has 2 aromatic rings. The van der Waals surface area contributed by atoms with E-state index in [-0.39, 0.29) is 17.8 Å². The van der Waals surface area contributed by atoms with Crippen molar-refractivity contribution in [2.45, 2.75) is 26.0 Å². The average molecular weight is 246 g/mol. The van der Waals surface area contributed by atoms with Crippen molar-refractivity contribution < 1.29 is 9.50 Å². The normalized spacial score (nSPS) is 18.8. The van der Waals surface area contributed by atoms with E-state index < -0.39 is 6.10 Å². The summed E-state index contributed by atoms with van der Waals surface area (Å²) in [5, 5.41) is 10.4. The van der Waals surface area contributed by atoms with Gasteiger partial charge < -0.3 is 9.67 Å². The fourth-order valence-electron chi connectivity index (χ4n) is 2.61. The number of aromatic nitrogens is 2. The Hall–Kier alpha value is -1.68. The van der Waals surface area contributed by atoms with E-state index in [9.17, 15) is 9.50 Å². The summed E-state index contributed by atoms with van der Waals surface area (Å²) in [4.78, 5) is 4.09. The minimum absolute atomic E-state index is 0.126. The number of hydrogen-bond acceptors (Lipinski definition) is 2. The molecule has 0 bridgehead atoms. The minimum atomic E-state index is -0.510. The molecule has 18 heavy (non-hydrogen) atoms. The molecule has 0 saturated heterocycles. The zero-order chi connectivity index (χ0) is 12.9. The van der Waals surface area contributed by atoms with Crippen molar-refractivity contribution in [1.82, 2.24) is 9.55 Å². The summed E-state index contributed by atoms with van der Waals surface area (Å²) in [5.74, 6) is -0.137. The van der Waals surface area contributed by atoms with Crippen molar-refractivity contribution in [2.24, 2.45) is 5.92 Å². The van der Waals surface area contributed by atoms with Gasteiger partial charge in [-0.15, -0.1) is 0 Å². The molecule has 0 amide bonds. The van der Waals surface area contributed by atoms with Crippen molar-refractivity contribution in [3.63, 3.8) is 0 Å². The Kier molecular flexibility index (Phi) is 2.48. The highest BCUT2D eigenvalue weighted by Gasteiger charge is 2.34. The first kappa shape index (κ1) is 11.4. The molecule has 1 N–H and O–H groups in total. The Morgan fingerprint density at radius 2 is 2.17 bits per heavy atom. The molecule has 0 spiro atoms. The van der Waals surface area contributed by atoms with E-state index in [1.54, 1.807) is 18.6 Å². The number of nitrogens with zero attached hydrogens (tertiary/aromatic N) is 2. The van der Waals surface area contributed by atoms with Crippen molar-refractivity contribution >= 4 is 0 Å². The van der Waals surface area contributed by atoms with Crippen LogP contribution in [0, 0.1) is 11.7 Å². The molecule has 0 saturated carbocycles. The number of halogens is 1. The number of fused-ring (bicyclic) bond motifs is 3. The highest BCUT2D eigenvalue weighted by molar-refractivity contribution is 5.69. The third-order valence-corrected chi connectivity index (χ3v) is 3.58. The second-order valence-corrected chi connectivity index (χ2v) is 5.10. The summed E-state index contributed by atoms with van der Waals surface area (Å²) in [7, 11) is 0. The third kappa shape index (κ3) is 1.49. The molecule has 3 rings (SSSR count). The van der Waals surface area contributed by atoms with Crippen LogP contribution in [0.4, 0.5) is 4.39 Å². The maximum atomic E-state index is 13.4. The zero-order valence-electron chi connectivity index (χ0n) is 10.3. The molecule has 0 unspecified atom stereocenters. The molecule has 0 radical (unpaired) electrons. The van der Waals surface area contributed by atoms with Crippen molar-refractivity contribution in [3.05, 3.63) is 42.1 Å². The maximum absolute atomic E-state index is 13.4. The monoisotopic (exact) mass is 246 g/mol. The van der Waals surface area contributed by atoms with Gasteiger partial charge in [0.25, 0.3) is 0 Å². The van der Waals surface area contributed by atoms with Gasteiger partial charge in [-0.05, 0) is 23.6 Å². The summed E-state index contributed by atoms with van der Waals surface area (Å²) < 4.78 is 15.3. The lowest BCUT2D eigenvalue weighted by Crippen LogP contribution is -2.27. The first-order chi connectivity index (χ1) is 8.59. The molecule has 4 heteroatoms. The number of hydrogen-bond donors (Lipinski definition) is 1. The van der Waals surface area contributed by atoms with Crippen LogP contribution in [0.5, 0.6) is 0 Å². The van der Waals surface area contributed by atoms with Crippen LogP contribution in [0.1, 0.15) is 25.5 Å². The molecule has 3 nitrogen and oxygen atoms in total. The lowest BCUT2D eigenvalue weighted by molar-refractivity contribution is 0.0879. The Bertz CT molecular complexity index is 591. The predicted molar refractivity (Wildman–Crippen MR) is 66.6 cm³/mol. The van der Waals surface area contributed by atoms with Crippen LogP contribution in [-0.4, -0.2) is 20.8 Å². The SMILES string of the molecule is CC(C)[C@@H](O)[C@@H]1c2ccc(F)cc2-c2cncn21. The van der Waals surface area contributed by atoms with Gasteiger partial charge in [0.2, 0.25) is 0 Å². The summed E-state index contributed by atoms with van der Waals surface area (Å²) in [5.41, 5.74) is 2.67. The van der Waals surface area contributed by atoms with Crippen molar-refractivity contribution in [2.75, 3.05) is 0 Å². The molecule has 0 fully saturated rings. The van der Waals surface area contributed by atoms with E-state index in [2.05, 4.69) is 4.98 Å². The number of benzene rings is 1. The number of aliphatic hydroxyl groups is 1. The second-order valence-electron chi connectivity index (χ2n) is 5.10. The standard InChI is InChI=1S/C14H15FN2O/c1-8(2)14(18)13-10-4-3-9(15)5-11(10)12-6-16-7-17(12)13/h3-8,13-14,18H,1-2H3/t13-,14+/m0/s1. The number of imidazole rings is 1. The largest absolute Gasteiger partial charge is 0.390 e. The van der Waals surface area contributed by atoms with E-state index in [4.69, 9.17) is 0 Å². The first-order valence-electron chi connectivity index (χ1n) is 6.09. The minimum Gasteiger partial charge on any atom is -0.390 e. The van der Waals surface area contributed by atoms with E-state index >= 15 is 0 Å². The molecule has 1 aliphatic rings. The molecule has 2 atom stereocenters. The quantitative estimate of drug-likeness (QED) is 0.884. The zero-order valence-corrected chi connectivity index (χ0v) is 10.3. The summed E-state index contributed by atoms with van der Waals surface area (Å²) in [6.45, 7) is 3.95. The van der Waals surface area contributed by atoms with E-state index in [1.165, 1.54) is 12.1 Å². The van der Waals surface area contributed by atoms with Gasteiger partial charge in [-0.3, -0.25) is 0 Å². The van der Waals surface area contributed by atoms with Crippen LogP contribution < -0.4 is 0 Å². The van der Waals surface area contributed by atoms with Gasteiger partial charge in [-0.2, -0.15) is 0 Å². The highest BCUT2D eigenvalue weighted by atomic mass is 19.1. The fraction of sp³-hybridized carbons (Fsp3) is 0.357. The Labute approximate surface area is 105 Å². The van der Waals surface area contributed by atoms with Gasteiger partial charge >= 0.3 is 0 Å². The van der Waals surface area contributed by atoms with Gasteiger partial charge in [0.1, 0.15) is 5.82 Å². The third-order valence-electron chi connectivity index (χ3n) is 3.58. The van der Waals surface area contributed by atoms with Crippen LogP contribution in [0.25, 0.3) is 11.3 Å². The molecule has 0 aliphatic carbocycles. The lowest BCUT2D eigenvalue weighted by Gasteiger charge is -2.24. The molecule has 1 aromatic carbocycles.